The first-order chi connectivity index (χ1) is 10.3. The normalized spacial score (nSPS) is 22.2. The van der Waals surface area contributed by atoms with Crippen molar-refractivity contribution in [1.29, 1.82) is 0 Å². The molecule has 2 rings (SSSR count). The molecule has 0 radical (unpaired) electrons. The van der Waals surface area contributed by atoms with Gasteiger partial charge in [0.1, 0.15) is 31.9 Å². The highest BCUT2D eigenvalue weighted by molar-refractivity contribution is 6.20. The quantitative estimate of drug-likeness (QED) is 0.618. The summed E-state index contributed by atoms with van der Waals surface area (Å²) >= 11 is 4.68. The molecule has 0 atom stereocenters. The number of hydrogen-bond acceptors (Lipinski definition) is 2. The summed E-state index contributed by atoms with van der Waals surface area (Å²) in [7, 11) is 2.14. The number of piperazine rings is 1. The Balaban J connectivity index is 1.81. The molecule has 1 aromatic rings. The number of alkyl halides is 3. The van der Waals surface area contributed by atoms with Crippen molar-refractivity contribution >= 4 is 23.2 Å². The van der Waals surface area contributed by atoms with E-state index in [1.165, 1.54) is 34.1 Å². The molecular formula is C14H20ClF2N3O2+2. The van der Waals surface area contributed by atoms with Crippen LogP contribution in [0.1, 0.15) is 0 Å². The van der Waals surface area contributed by atoms with Crippen molar-refractivity contribution in [1.82, 2.24) is 0 Å². The fourth-order valence-electron chi connectivity index (χ4n) is 2.38. The summed E-state index contributed by atoms with van der Waals surface area (Å²) in [6, 6.07) is 5.66. The van der Waals surface area contributed by atoms with Gasteiger partial charge in [-0.25, -0.2) is 0 Å². The van der Waals surface area contributed by atoms with Crippen LogP contribution in [-0.2, 0) is 4.79 Å². The van der Waals surface area contributed by atoms with Gasteiger partial charge in [-0.1, -0.05) is 0 Å². The largest absolute Gasteiger partial charge is 0.487 e. The molecule has 122 valence electrons. The number of likely N-dealkylation sites (N-methyl/N-ethyl adjacent to an activating group) is 1. The summed E-state index contributed by atoms with van der Waals surface area (Å²) in [4.78, 5) is 14.7. The monoisotopic (exact) mass is 335 g/mol. The molecule has 1 amide bonds. The molecule has 0 saturated carbocycles. The van der Waals surface area contributed by atoms with Crippen molar-refractivity contribution in [2.24, 2.45) is 0 Å². The van der Waals surface area contributed by atoms with Gasteiger partial charge in [0.15, 0.2) is 6.54 Å². The van der Waals surface area contributed by atoms with Crippen LogP contribution in [0.4, 0.5) is 14.5 Å². The lowest BCUT2D eigenvalue weighted by Gasteiger charge is -2.26. The molecule has 0 bridgehead atoms. The van der Waals surface area contributed by atoms with Gasteiger partial charge >= 0.3 is 5.57 Å². The lowest BCUT2D eigenvalue weighted by Crippen LogP contribution is -3.27. The number of carbonyl (C=O) groups is 1. The standard InChI is InChI=1S/C14H18ClF2N3O2/c1-19-6-8-20(9-7-19)10-13(21)18-11-2-4-12(5-3-11)22-14(15,16)17/h2-5H,6-10H2,1H3,(H,18,21)/p+2. The Hall–Kier alpha value is -1.44. The van der Waals surface area contributed by atoms with Crippen LogP contribution in [0.2, 0.25) is 0 Å². The number of carbonyl (C=O) groups excluding carboxylic acids is 1. The van der Waals surface area contributed by atoms with Crippen LogP contribution in [0.5, 0.6) is 5.75 Å². The number of ether oxygens (including phenoxy) is 1. The van der Waals surface area contributed by atoms with Crippen molar-refractivity contribution in [3.05, 3.63) is 24.3 Å². The fourth-order valence-corrected chi connectivity index (χ4v) is 2.47. The fraction of sp³-hybridized carbons (Fsp3) is 0.500. The maximum Gasteiger partial charge on any atom is 0.487 e. The van der Waals surface area contributed by atoms with E-state index in [2.05, 4.69) is 28.7 Å². The Labute approximate surface area is 132 Å². The third-order valence-corrected chi connectivity index (χ3v) is 3.67. The number of amides is 1. The minimum absolute atomic E-state index is 0.0642. The first kappa shape index (κ1) is 16.9. The van der Waals surface area contributed by atoms with Crippen LogP contribution in [0.3, 0.4) is 0 Å². The van der Waals surface area contributed by atoms with Crippen molar-refractivity contribution in [2.75, 3.05) is 45.1 Å². The van der Waals surface area contributed by atoms with Crippen LogP contribution in [0.15, 0.2) is 24.3 Å². The Morgan fingerprint density at radius 2 is 1.86 bits per heavy atom. The molecular weight excluding hydrogens is 316 g/mol. The minimum atomic E-state index is -3.74. The summed E-state index contributed by atoms with van der Waals surface area (Å²) in [5.74, 6) is -0.156. The van der Waals surface area contributed by atoms with Gasteiger partial charge in [0, 0.05) is 17.3 Å². The second-order valence-electron chi connectivity index (χ2n) is 5.50. The highest BCUT2D eigenvalue weighted by Crippen LogP contribution is 2.25. The van der Waals surface area contributed by atoms with Gasteiger partial charge in [-0.15, -0.1) is 8.78 Å². The molecule has 1 aromatic carbocycles. The summed E-state index contributed by atoms with van der Waals surface area (Å²) in [6.07, 6.45) is 0. The number of halogens is 3. The van der Waals surface area contributed by atoms with Gasteiger partial charge in [0.2, 0.25) is 0 Å². The third kappa shape index (κ3) is 5.75. The number of nitrogens with one attached hydrogen (secondary N) is 3. The maximum absolute atomic E-state index is 12.5. The van der Waals surface area contributed by atoms with Crippen molar-refractivity contribution in [3.63, 3.8) is 0 Å². The van der Waals surface area contributed by atoms with Gasteiger partial charge in [-0.05, 0) is 24.3 Å². The number of rotatable bonds is 5. The first-order valence-electron chi connectivity index (χ1n) is 7.12. The number of quaternary nitrogens is 2. The highest BCUT2D eigenvalue weighted by atomic mass is 35.5. The van der Waals surface area contributed by atoms with Gasteiger partial charge in [0.05, 0.1) is 7.05 Å². The summed E-state index contributed by atoms with van der Waals surface area (Å²) in [6.45, 7) is 4.46. The molecule has 1 heterocycles. The lowest BCUT2D eigenvalue weighted by molar-refractivity contribution is -0.999. The van der Waals surface area contributed by atoms with Crippen LogP contribution in [0.25, 0.3) is 0 Å². The van der Waals surface area contributed by atoms with Crippen LogP contribution in [-0.4, -0.2) is 51.2 Å². The molecule has 5 nitrogen and oxygen atoms in total. The SMILES string of the molecule is C[NH+]1CC[NH+](CC(=O)Nc2ccc(OC(F)(F)Cl)cc2)CC1. The van der Waals surface area contributed by atoms with E-state index < -0.39 is 5.57 Å². The van der Waals surface area contributed by atoms with Gasteiger partial charge in [-0.3, -0.25) is 4.79 Å². The topological polar surface area (TPSA) is 47.2 Å². The summed E-state index contributed by atoms with van der Waals surface area (Å²) in [5, 5.41) is 2.75. The van der Waals surface area contributed by atoms with Crippen LogP contribution < -0.4 is 19.9 Å². The van der Waals surface area contributed by atoms with E-state index in [4.69, 9.17) is 0 Å². The number of benzene rings is 1. The molecule has 8 heteroatoms. The van der Waals surface area contributed by atoms with E-state index in [0.717, 1.165) is 26.2 Å². The Bertz CT molecular complexity index is 500. The van der Waals surface area contributed by atoms with Gasteiger partial charge in [-0.2, -0.15) is 0 Å². The van der Waals surface area contributed by atoms with E-state index in [1.807, 2.05) is 0 Å². The predicted octanol–water partition coefficient (Wildman–Crippen LogP) is -0.794. The second-order valence-corrected chi connectivity index (χ2v) is 5.94. The number of hydrogen-bond donors (Lipinski definition) is 3. The zero-order valence-electron chi connectivity index (χ0n) is 12.3. The molecule has 22 heavy (non-hydrogen) atoms. The van der Waals surface area contributed by atoms with Crippen LogP contribution in [0, 0.1) is 0 Å². The average Bonchev–Trinajstić information content (AvgIpc) is 2.42. The van der Waals surface area contributed by atoms with E-state index in [0.29, 0.717) is 12.2 Å². The molecule has 0 spiro atoms. The average molecular weight is 336 g/mol. The maximum atomic E-state index is 12.5. The molecule has 0 aliphatic carbocycles. The van der Waals surface area contributed by atoms with E-state index in [-0.39, 0.29) is 11.7 Å². The van der Waals surface area contributed by atoms with Gasteiger partial charge in [0.25, 0.3) is 5.91 Å². The van der Waals surface area contributed by atoms with E-state index in [9.17, 15) is 13.6 Å². The summed E-state index contributed by atoms with van der Waals surface area (Å²) in [5.41, 5.74) is -3.20. The summed E-state index contributed by atoms with van der Waals surface area (Å²) < 4.78 is 29.2. The zero-order chi connectivity index (χ0) is 16.2. The zero-order valence-corrected chi connectivity index (χ0v) is 13.1. The molecule has 0 unspecified atom stereocenters. The van der Waals surface area contributed by atoms with Gasteiger partial charge < -0.3 is 19.9 Å². The Morgan fingerprint density at radius 1 is 1.27 bits per heavy atom. The third-order valence-electron chi connectivity index (χ3n) is 3.59. The Kier molecular flexibility index (Phi) is 5.55. The minimum Gasteiger partial charge on any atom is -0.420 e. The lowest BCUT2D eigenvalue weighted by atomic mass is 10.3. The molecule has 1 saturated heterocycles. The van der Waals surface area contributed by atoms with Crippen molar-refractivity contribution in [2.45, 2.75) is 5.57 Å². The number of anilines is 1. The first-order valence-corrected chi connectivity index (χ1v) is 7.50. The molecule has 1 fully saturated rings. The highest BCUT2D eigenvalue weighted by Gasteiger charge is 2.27. The molecule has 3 N–H and O–H groups in total. The smallest absolute Gasteiger partial charge is 0.420 e. The van der Waals surface area contributed by atoms with E-state index >= 15 is 0 Å². The predicted molar refractivity (Wildman–Crippen MR) is 78.7 cm³/mol. The second kappa shape index (κ2) is 7.21. The molecule has 1 aliphatic rings. The van der Waals surface area contributed by atoms with Crippen LogP contribution >= 0.6 is 11.6 Å². The Morgan fingerprint density at radius 3 is 2.41 bits per heavy atom. The molecule has 1 aliphatic heterocycles. The van der Waals surface area contributed by atoms with Crippen molar-refractivity contribution in [3.8, 4) is 5.75 Å². The van der Waals surface area contributed by atoms with E-state index in [1.54, 1.807) is 0 Å². The van der Waals surface area contributed by atoms with Crippen molar-refractivity contribution < 1.29 is 28.1 Å². The molecule has 0 aromatic heterocycles.